The summed E-state index contributed by atoms with van der Waals surface area (Å²) < 4.78 is 61.9. The van der Waals surface area contributed by atoms with Crippen molar-refractivity contribution in [1.29, 1.82) is 0 Å². The molecule has 9 heteroatoms. The van der Waals surface area contributed by atoms with Crippen molar-refractivity contribution in [2.45, 2.75) is 45.5 Å². The summed E-state index contributed by atoms with van der Waals surface area (Å²) in [6.07, 6.45) is -2.50. The van der Waals surface area contributed by atoms with Crippen LogP contribution >= 0.6 is 0 Å². The normalized spacial score (nSPS) is 14.0. The van der Waals surface area contributed by atoms with E-state index in [0.717, 1.165) is 16.5 Å². The highest BCUT2D eigenvalue weighted by Gasteiger charge is 2.38. The smallest absolute Gasteiger partial charge is 0.435 e. The van der Waals surface area contributed by atoms with Gasteiger partial charge in [-0.25, -0.2) is 4.68 Å². The molecule has 0 amide bonds. The van der Waals surface area contributed by atoms with E-state index in [2.05, 4.69) is 9.50 Å². The van der Waals surface area contributed by atoms with E-state index in [1.807, 2.05) is 13.0 Å². The molecule has 1 unspecified atom stereocenters. The van der Waals surface area contributed by atoms with Gasteiger partial charge in [0.1, 0.15) is 27.5 Å². The number of aromatic nitrogens is 2. The summed E-state index contributed by atoms with van der Waals surface area (Å²) >= 11 is -1.68. The average molecular weight is 401 g/mol. The zero-order valence-electron chi connectivity index (χ0n) is 16.0. The first kappa shape index (κ1) is 21.3. The maximum absolute atomic E-state index is 13.4. The lowest BCUT2D eigenvalue weighted by molar-refractivity contribution is -0.141. The summed E-state index contributed by atoms with van der Waals surface area (Å²) in [5.41, 5.74) is 0.676. The maximum Gasteiger partial charge on any atom is 0.435 e. The Labute approximate surface area is 159 Å². The van der Waals surface area contributed by atoms with E-state index in [4.69, 9.17) is 4.74 Å². The highest BCUT2D eigenvalue weighted by molar-refractivity contribution is 7.91. The van der Waals surface area contributed by atoms with E-state index in [1.165, 1.54) is 13.3 Å². The summed E-state index contributed by atoms with van der Waals surface area (Å²) in [6.45, 7) is 8.70. The Morgan fingerprint density at radius 1 is 1.22 bits per heavy atom. The van der Waals surface area contributed by atoms with Crippen LogP contribution in [0.2, 0.25) is 0 Å². The van der Waals surface area contributed by atoms with Gasteiger partial charge in [0.15, 0.2) is 5.69 Å². The van der Waals surface area contributed by atoms with Crippen molar-refractivity contribution in [3.8, 4) is 11.4 Å². The molecule has 5 nitrogen and oxygen atoms in total. The molecule has 1 aromatic heterocycles. The summed E-state index contributed by atoms with van der Waals surface area (Å²) in [4.78, 5) is 0. The summed E-state index contributed by atoms with van der Waals surface area (Å²) in [7, 11) is 1.45. The van der Waals surface area contributed by atoms with Gasteiger partial charge in [-0.2, -0.15) is 18.3 Å². The van der Waals surface area contributed by atoms with Crippen LogP contribution in [0, 0.1) is 13.8 Å². The van der Waals surface area contributed by atoms with Crippen molar-refractivity contribution < 1.29 is 22.5 Å². The van der Waals surface area contributed by atoms with E-state index in [-0.39, 0.29) is 5.56 Å². The molecule has 0 saturated heterocycles. The second kappa shape index (κ2) is 7.55. The monoisotopic (exact) mass is 401 g/mol. The Morgan fingerprint density at radius 2 is 1.85 bits per heavy atom. The topological polar surface area (TPSA) is 62.5 Å². The van der Waals surface area contributed by atoms with Gasteiger partial charge < -0.3 is 9.29 Å². The summed E-state index contributed by atoms with van der Waals surface area (Å²) in [6, 6.07) is 3.55. The lowest BCUT2D eigenvalue weighted by atomic mass is 10.1. The molecule has 0 aliphatic carbocycles. The SMILES string of the molecule is COc1cc(C)cc(C)c1-n1cc(C=N[S+]([O-])C(C)(C)C)c(C(F)(F)F)n1. The molecule has 0 spiro atoms. The molecule has 0 aliphatic heterocycles. The number of methoxy groups -OCH3 is 1. The molecule has 0 bridgehead atoms. The first-order valence-electron chi connectivity index (χ1n) is 8.13. The lowest BCUT2D eigenvalue weighted by Crippen LogP contribution is -2.25. The first-order valence-corrected chi connectivity index (χ1v) is 9.24. The Morgan fingerprint density at radius 3 is 2.37 bits per heavy atom. The Kier molecular flexibility index (Phi) is 5.96. The number of hydrogen-bond donors (Lipinski definition) is 0. The van der Waals surface area contributed by atoms with Gasteiger partial charge >= 0.3 is 6.18 Å². The van der Waals surface area contributed by atoms with Crippen LogP contribution < -0.4 is 4.74 Å². The van der Waals surface area contributed by atoms with Crippen LogP contribution in [-0.4, -0.2) is 32.4 Å². The molecular formula is C18H22F3N3O2S. The van der Waals surface area contributed by atoms with Crippen LogP contribution in [0.5, 0.6) is 5.75 Å². The van der Waals surface area contributed by atoms with Crippen molar-refractivity contribution in [3.05, 3.63) is 40.7 Å². The predicted molar refractivity (Wildman–Crippen MR) is 100 cm³/mol. The molecule has 1 atom stereocenters. The third-order valence-corrected chi connectivity index (χ3v) is 5.03. The number of ether oxygens (including phenoxy) is 1. The zero-order valence-corrected chi connectivity index (χ0v) is 16.8. The number of halogens is 3. The summed E-state index contributed by atoms with van der Waals surface area (Å²) in [5.74, 6) is 0.408. The van der Waals surface area contributed by atoms with E-state index < -0.39 is 28.0 Å². The van der Waals surface area contributed by atoms with Crippen molar-refractivity contribution in [3.63, 3.8) is 0 Å². The highest BCUT2D eigenvalue weighted by Crippen LogP contribution is 2.33. The molecule has 0 aliphatic rings. The third-order valence-electron chi connectivity index (χ3n) is 3.68. The molecule has 27 heavy (non-hydrogen) atoms. The first-order chi connectivity index (χ1) is 12.3. The molecule has 0 saturated carbocycles. The third kappa shape index (κ3) is 4.84. The Balaban J connectivity index is 2.60. The summed E-state index contributed by atoms with van der Waals surface area (Å²) in [5, 5.41) is 3.71. The van der Waals surface area contributed by atoms with E-state index in [0.29, 0.717) is 17.0 Å². The van der Waals surface area contributed by atoms with Crippen LogP contribution in [0.3, 0.4) is 0 Å². The number of benzene rings is 1. The molecule has 1 heterocycles. The molecule has 0 N–H and O–H groups in total. The van der Waals surface area contributed by atoms with Gasteiger partial charge in [-0.3, -0.25) is 0 Å². The number of hydrogen-bond acceptors (Lipinski definition) is 4. The van der Waals surface area contributed by atoms with Crippen molar-refractivity contribution in [2.75, 3.05) is 7.11 Å². The minimum Gasteiger partial charge on any atom is -0.591 e. The molecular weight excluding hydrogens is 379 g/mol. The molecule has 1 aromatic carbocycles. The number of alkyl halides is 3. The fourth-order valence-corrected chi connectivity index (χ4v) is 2.98. The van der Waals surface area contributed by atoms with Crippen molar-refractivity contribution in [1.82, 2.24) is 9.78 Å². The molecule has 148 valence electrons. The molecule has 0 fully saturated rings. The maximum atomic E-state index is 13.4. The quantitative estimate of drug-likeness (QED) is 0.564. The van der Waals surface area contributed by atoms with Crippen molar-refractivity contribution in [2.24, 2.45) is 4.40 Å². The van der Waals surface area contributed by atoms with Gasteiger partial charge in [-0.15, -0.1) is 0 Å². The standard InChI is InChI=1S/C18H22F3N3O2S/c1-11-7-12(2)15(14(8-11)26-6)24-10-13(16(23-24)18(19,20)21)9-22-27(25)17(3,4)5/h7-10H,1-6H3. The van der Waals surface area contributed by atoms with Gasteiger partial charge in [0.05, 0.1) is 13.3 Å². The largest absolute Gasteiger partial charge is 0.591 e. The van der Waals surface area contributed by atoms with E-state index in [9.17, 15) is 17.7 Å². The Bertz CT molecular complexity index is 855. The minimum absolute atomic E-state index is 0.262. The number of aryl methyl sites for hydroxylation is 2. The minimum atomic E-state index is -4.68. The second-order valence-corrected chi connectivity index (χ2v) is 9.04. The van der Waals surface area contributed by atoms with Gasteiger partial charge in [-0.05, 0) is 51.8 Å². The number of nitrogens with zero attached hydrogens (tertiary/aromatic N) is 3. The zero-order chi connectivity index (χ0) is 20.6. The van der Waals surface area contributed by atoms with Gasteiger partial charge in [0, 0.05) is 11.8 Å². The highest BCUT2D eigenvalue weighted by atomic mass is 32.2. The van der Waals surface area contributed by atoms with Crippen LogP contribution in [0.1, 0.15) is 43.2 Å². The lowest BCUT2D eigenvalue weighted by Gasteiger charge is -2.17. The fourth-order valence-electron chi connectivity index (χ4n) is 2.45. The van der Waals surface area contributed by atoms with Gasteiger partial charge in [-0.1, -0.05) is 10.5 Å². The molecule has 0 radical (unpaired) electrons. The van der Waals surface area contributed by atoms with Crippen molar-refractivity contribution >= 4 is 17.6 Å². The second-order valence-electron chi connectivity index (χ2n) is 7.10. The fraction of sp³-hybridized carbons (Fsp3) is 0.444. The van der Waals surface area contributed by atoms with Crippen LogP contribution in [0.4, 0.5) is 13.2 Å². The van der Waals surface area contributed by atoms with E-state index >= 15 is 0 Å². The predicted octanol–water partition coefficient (Wildman–Crippen LogP) is 4.40. The van der Waals surface area contributed by atoms with Gasteiger partial charge in [0.25, 0.3) is 0 Å². The van der Waals surface area contributed by atoms with Crippen LogP contribution in [-0.2, 0) is 17.5 Å². The molecule has 2 aromatic rings. The molecule has 2 rings (SSSR count). The van der Waals surface area contributed by atoms with Crippen LogP contribution in [0.15, 0.2) is 22.7 Å². The van der Waals surface area contributed by atoms with E-state index in [1.54, 1.807) is 33.8 Å². The average Bonchev–Trinajstić information content (AvgIpc) is 2.94. The van der Waals surface area contributed by atoms with Crippen LogP contribution in [0.25, 0.3) is 5.69 Å². The van der Waals surface area contributed by atoms with Gasteiger partial charge in [0.2, 0.25) is 0 Å². The Hall–Kier alpha value is -2.00. The number of rotatable bonds is 4.